The molecule has 36 heavy (non-hydrogen) atoms. The van der Waals surface area contributed by atoms with Crippen molar-refractivity contribution in [2.45, 2.75) is 38.4 Å². The Bertz CT molecular complexity index is 1410. The average Bonchev–Trinajstić information content (AvgIpc) is 3.13. The minimum atomic E-state index is -0.841. The standard InChI is InChI=1S/C29H28N4O2S/c1-19-13-15-22(16-14-19)17-30-28(35)27-26-21(3)31-33(23-10-5-4-6-11-23)29(26)36-18-25(34)32(27)24-12-8-7-9-20(24)2/h4-16,27H,17-18H2,1-3H3,(H,30,35)/t27-/m0/s1. The highest BCUT2D eigenvalue weighted by molar-refractivity contribution is 8.00. The van der Waals surface area contributed by atoms with E-state index in [4.69, 9.17) is 5.10 Å². The Morgan fingerprint density at radius 2 is 1.67 bits per heavy atom. The molecule has 1 aliphatic heterocycles. The summed E-state index contributed by atoms with van der Waals surface area (Å²) < 4.78 is 1.85. The molecule has 0 unspecified atom stereocenters. The van der Waals surface area contributed by atoms with Crippen LogP contribution in [0.25, 0.3) is 5.69 Å². The lowest BCUT2D eigenvalue weighted by Gasteiger charge is -2.31. The molecule has 4 aromatic rings. The molecule has 182 valence electrons. The summed E-state index contributed by atoms with van der Waals surface area (Å²) in [6.45, 7) is 6.28. The fraction of sp³-hybridized carbons (Fsp3) is 0.207. The van der Waals surface area contributed by atoms with Crippen LogP contribution in [0.5, 0.6) is 0 Å². The highest BCUT2D eigenvalue weighted by atomic mass is 32.2. The first-order valence-electron chi connectivity index (χ1n) is 11.9. The number of fused-ring (bicyclic) bond motifs is 1. The lowest BCUT2D eigenvalue weighted by Crippen LogP contribution is -2.44. The molecule has 2 amide bonds. The Labute approximate surface area is 215 Å². The molecular weight excluding hydrogens is 468 g/mol. The lowest BCUT2D eigenvalue weighted by atomic mass is 10.0. The maximum atomic E-state index is 13.9. The molecule has 1 N–H and O–H groups in total. The van der Waals surface area contributed by atoms with Crippen molar-refractivity contribution in [1.82, 2.24) is 15.1 Å². The number of rotatable bonds is 5. The molecule has 0 fully saturated rings. The van der Waals surface area contributed by atoms with E-state index < -0.39 is 6.04 Å². The van der Waals surface area contributed by atoms with Crippen LogP contribution < -0.4 is 10.2 Å². The van der Waals surface area contributed by atoms with Gasteiger partial charge >= 0.3 is 0 Å². The van der Waals surface area contributed by atoms with Gasteiger partial charge in [-0.1, -0.05) is 78.0 Å². The third kappa shape index (κ3) is 4.54. The second kappa shape index (κ2) is 10.0. The van der Waals surface area contributed by atoms with Crippen LogP contribution >= 0.6 is 11.8 Å². The molecule has 0 saturated carbocycles. The molecule has 0 bridgehead atoms. The molecule has 0 spiro atoms. The summed E-state index contributed by atoms with van der Waals surface area (Å²) in [5.74, 6) is -0.132. The van der Waals surface area contributed by atoms with Gasteiger partial charge in [-0.05, 0) is 50.1 Å². The van der Waals surface area contributed by atoms with E-state index in [9.17, 15) is 9.59 Å². The summed E-state index contributed by atoms with van der Waals surface area (Å²) in [5, 5.41) is 8.73. The van der Waals surface area contributed by atoms with Gasteiger partial charge in [-0.2, -0.15) is 5.10 Å². The van der Waals surface area contributed by atoms with Crippen molar-refractivity contribution in [1.29, 1.82) is 0 Å². The Kier molecular flexibility index (Phi) is 6.65. The number of para-hydroxylation sites is 2. The summed E-state index contributed by atoms with van der Waals surface area (Å²) in [7, 11) is 0. The molecule has 1 aromatic heterocycles. The molecular formula is C29H28N4O2S. The number of anilines is 1. The van der Waals surface area contributed by atoms with Crippen molar-refractivity contribution in [3.63, 3.8) is 0 Å². The number of carbonyl (C=O) groups is 2. The van der Waals surface area contributed by atoms with E-state index >= 15 is 0 Å². The van der Waals surface area contributed by atoms with Gasteiger partial charge in [0.2, 0.25) is 11.8 Å². The van der Waals surface area contributed by atoms with Crippen molar-refractivity contribution < 1.29 is 9.59 Å². The molecule has 3 aromatic carbocycles. The van der Waals surface area contributed by atoms with Gasteiger partial charge in [0.15, 0.2) is 0 Å². The van der Waals surface area contributed by atoms with Crippen LogP contribution in [0.1, 0.15) is 34.0 Å². The molecule has 0 aliphatic carbocycles. The summed E-state index contributed by atoms with van der Waals surface area (Å²) in [5.41, 5.74) is 6.22. The number of thioether (sulfide) groups is 1. The maximum Gasteiger partial charge on any atom is 0.248 e. The zero-order valence-electron chi connectivity index (χ0n) is 20.6. The molecule has 0 saturated heterocycles. The molecule has 5 rings (SSSR count). The number of hydrogen-bond acceptors (Lipinski definition) is 4. The maximum absolute atomic E-state index is 13.9. The third-order valence-corrected chi connectivity index (χ3v) is 7.46. The largest absolute Gasteiger partial charge is 0.350 e. The molecule has 0 radical (unpaired) electrons. The topological polar surface area (TPSA) is 67.2 Å². The van der Waals surface area contributed by atoms with E-state index in [1.54, 1.807) is 4.90 Å². The number of nitrogens with one attached hydrogen (secondary N) is 1. The van der Waals surface area contributed by atoms with E-state index in [0.29, 0.717) is 6.54 Å². The summed E-state index contributed by atoms with van der Waals surface area (Å²) in [6.07, 6.45) is 0. The normalized spacial score (nSPS) is 15.4. The van der Waals surface area contributed by atoms with Crippen molar-refractivity contribution in [3.8, 4) is 5.69 Å². The fourth-order valence-corrected chi connectivity index (χ4v) is 5.62. The van der Waals surface area contributed by atoms with Gasteiger partial charge in [0.1, 0.15) is 11.1 Å². The van der Waals surface area contributed by atoms with Crippen LogP contribution in [0.2, 0.25) is 0 Å². The van der Waals surface area contributed by atoms with Gasteiger partial charge in [-0.15, -0.1) is 0 Å². The second-order valence-corrected chi connectivity index (χ2v) is 9.96. The van der Waals surface area contributed by atoms with E-state index in [0.717, 1.165) is 44.3 Å². The number of aromatic nitrogens is 2. The minimum absolute atomic E-state index is 0.111. The number of amides is 2. The van der Waals surface area contributed by atoms with Gasteiger partial charge in [0, 0.05) is 17.8 Å². The highest BCUT2D eigenvalue weighted by Gasteiger charge is 2.40. The number of carbonyl (C=O) groups excluding carboxylic acids is 2. The molecule has 2 heterocycles. The van der Waals surface area contributed by atoms with Crippen LogP contribution in [0.4, 0.5) is 5.69 Å². The summed E-state index contributed by atoms with van der Waals surface area (Å²) >= 11 is 1.43. The SMILES string of the molecule is Cc1ccc(CNC(=O)[C@@H]2c3c(C)nn(-c4ccccc4)c3SCC(=O)N2c2ccccc2C)cc1. The van der Waals surface area contributed by atoms with Gasteiger partial charge in [-0.25, -0.2) is 4.68 Å². The molecule has 1 aliphatic rings. The fourth-order valence-electron chi connectivity index (χ4n) is 4.54. The Morgan fingerprint density at radius 3 is 2.39 bits per heavy atom. The first-order chi connectivity index (χ1) is 17.4. The highest BCUT2D eigenvalue weighted by Crippen LogP contribution is 2.41. The average molecular weight is 497 g/mol. The molecule has 1 atom stereocenters. The van der Waals surface area contributed by atoms with Crippen molar-refractivity contribution >= 4 is 29.3 Å². The zero-order valence-corrected chi connectivity index (χ0v) is 21.4. The zero-order chi connectivity index (χ0) is 25.2. The monoisotopic (exact) mass is 496 g/mol. The van der Waals surface area contributed by atoms with Gasteiger partial charge in [0.05, 0.1) is 17.1 Å². The predicted molar refractivity (Wildman–Crippen MR) is 143 cm³/mol. The number of benzene rings is 3. The lowest BCUT2D eigenvalue weighted by molar-refractivity contribution is -0.126. The molecule has 7 heteroatoms. The quantitative estimate of drug-likeness (QED) is 0.408. The second-order valence-electron chi connectivity index (χ2n) is 9.00. The minimum Gasteiger partial charge on any atom is -0.350 e. The molecule has 6 nitrogen and oxygen atoms in total. The Hall–Kier alpha value is -3.84. The van der Waals surface area contributed by atoms with E-state index in [2.05, 4.69) is 5.32 Å². The van der Waals surface area contributed by atoms with Crippen LogP contribution in [0, 0.1) is 20.8 Å². The van der Waals surface area contributed by atoms with E-state index in [-0.39, 0.29) is 17.6 Å². The van der Waals surface area contributed by atoms with Crippen molar-refractivity contribution in [3.05, 3.63) is 107 Å². The first kappa shape index (κ1) is 23.9. The smallest absolute Gasteiger partial charge is 0.248 e. The number of nitrogens with zero attached hydrogens (tertiary/aromatic N) is 3. The van der Waals surface area contributed by atoms with Gasteiger partial charge in [0.25, 0.3) is 0 Å². The van der Waals surface area contributed by atoms with Crippen LogP contribution in [-0.4, -0.2) is 27.3 Å². The third-order valence-electron chi connectivity index (χ3n) is 6.41. The predicted octanol–water partition coefficient (Wildman–Crippen LogP) is 5.29. The number of hydrogen-bond donors (Lipinski definition) is 1. The van der Waals surface area contributed by atoms with E-state index in [1.165, 1.54) is 11.8 Å². The number of aryl methyl sites for hydroxylation is 3. The first-order valence-corrected chi connectivity index (χ1v) is 12.9. The van der Waals surface area contributed by atoms with Crippen LogP contribution in [0.3, 0.4) is 0 Å². The van der Waals surface area contributed by atoms with Gasteiger partial charge < -0.3 is 5.32 Å². The van der Waals surface area contributed by atoms with E-state index in [1.807, 2.05) is 104 Å². The Morgan fingerprint density at radius 1 is 0.972 bits per heavy atom. The summed E-state index contributed by atoms with van der Waals surface area (Å²) in [4.78, 5) is 29.2. The summed E-state index contributed by atoms with van der Waals surface area (Å²) in [6, 6.07) is 24.7. The van der Waals surface area contributed by atoms with Crippen molar-refractivity contribution in [2.24, 2.45) is 0 Å². The Balaban J connectivity index is 1.62. The van der Waals surface area contributed by atoms with Crippen LogP contribution in [-0.2, 0) is 16.1 Å². The van der Waals surface area contributed by atoms with Crippen molar-refractivity contribution in [2.75, 3.05) is 10.7 Å². The van der Waals surface area contributed by atoms with Crippen LogP contribution in [0.15, 0.2) is 83.9 Å². The van der Waals surface area contributed by atoms with Gasteiger partial charge in [-0.3, -0.25) is 14.5 Å².